The first kappa shape index (κ1) is 81.9. The molecule has 6 aliphatic rings. The van der Waals surface area contributed by atoms with E-state index in [0.717, 1.165) is 34.4 Å². The molecule has 18 atom stereocenters. The highest BCUT2D eigenvalue weighted by Crippen LogP contribution is 2.42. The molecule has 0 unspecified atom stereocenters. The van der Waals surface area contributed by atoms with Crippen LogP contribution in [0.3, 0.4) is 0 Å². The summed E-state index contributed by atoms with van der Waals surface area (Å²) in [6, 6.07) is -19.0. The molecule has 0 radical (unpaired) electrons. The Bertz CT molecular complexity index is 2980. The Hall–Kier alpha value is -7.04. The van der Waals surface area contributed by atoms with E-state index in [2.05, 4.69) is 58.2 Å². The van der Waals surface area contributed by atoms with Gasteiger partial charge in [-0.2, -0.15) is 0 Å². The van der Waals surface area contributed by atoms with Gasteiger partial charge in [-0.3, -0.25) is 67.3 Å². The minimum Gasteiger partial charge on any atom is -0.394 e. The van der Waals surface area contributed by atoms with Crippen molar-refractivity contribution in [2.75, 3.05) is 45.1 Å². The Morgan fingerprint density at radius 3 is 1.60 bits per heavy atom. The fourth-order valence-electron chi connectivity index (χ4n) is 14.0. The fraction of sp³-hybridized carbons (Fsp3) is 0.788. The zero-order chi connectivity index (χ0) is 74.0. The van der Waals surface area contributed by atoms with Gasteiger partial charge in [0, 0.05) is 42.7 Å². The molecular weight excluding hydrogens is 1330 g/mol. The molecule has 562 valence electrons. The average Bonchev–Trinajstić information content (AvgIpc) is 1.61. The Labute approximate surface area is 593 Å². The van der Waals surface area contributed by atoms with E-state index < -0.39 is 209 Å². The molecule has 0 aromatic rings. The van der Waals surface area contributed by atoms with Crippen molar-refractivity contribution in [2.45, 2.75) is 255 Å². The van der Waals surface area contributed by atoms with Crippen LogP contribution in [0.4, 0.5) is 0 Å². The number of hydrogen-bond acceptors (Lipinski definition) is 19. The van der Waals surface area contributed by atoms with Crippen LogP contribution in [0.5, 0.6) is 0 Å². The van der Waals surface area contributed by atoms with Crippen LogP contribution >= 0.6 is 21.6 Å². The molecule has 100 heavy (non-hydrogen) atoms. The molecule has 0 aromatic heterocycles. The van der Waals surface area contributed by atoms with E-state index in [1.54, 1.807) is 46.4 Å². The highest BCUT2D eigenvalue weighted by Gasteiger charge is 2.53. The number of fused-ring (bicyclic) bond motifs is 10. The van der Waals surface area contributed by atoms with Crippen LogP contribution in [-0.4, -0.2) is 242 Å². The van der Waals surface area contributed by atoms with E-state index in [9.17, 15) is 43.8 Å². The van der Waals surface area contributed by atoms with Gasteiger partial charge in [-0.05, 0) is 108 Å². The standard InChI is InChI=1S/C66H111N17O15S2/c1-11-34(6)48-59(93)76-43-32-99-100-66(9,10)51(61(95)79-50(36(8)13-3)64(98)81-25-17-22-45(81)57(91)73-40(29-67)53(87)77-48)80-60(94)49(35(7)12-2)78-58(92)47-28-37-19-14-15-21-44(37)83(47)63(97)46-23-18-26-82(46)62(96)39(27-33(4)5)72-55(89)42(31-85)74-52(86)38(20-16-24-70-65(68)69)71-54(88)41(30-84)75-56(43)90/h33-51,84-85H,11-32,67H2,1-10H3,(H,71,88)(H,72,89)(H,73,91)(H,74,86)(H,75,90)(H,76,93)(H,77,87)(H,78,92)(H,79,95)(H,80,94)(H4,68,69,70)/t34-,35-,36-,37-,38-,39-,40-,41-,42-,43-,44-,45-,46+,47-,48-,49-,50-,51+/m0/s1. The molecule has 6 rings (SSSR count). The Morgan fingerprint density at radius 1 is 0.530 bits per heavy atom. The van der Waals surface area contributed by atoms with E-state index in [0.29, 0.717) is 38.5 Å². The fourth-order valence-corrected chi connectivity index (χ4v) is 16.8. The van der Waals surface area contributed by atoms with Gasteiger partial charge in [0.2, 0.25) is 76.8 Å². The second-order valence-corrected chi connectivity index (χ2v) is 31.6. The van der Waals surface area contributed by atoms with Gasteiger partial charge in [0.05, 0.1) is 13.2 Å². The summed E-state index contributed by atoms with van der Waals surface area (Å²) < 4.78 is -1.46. The summed E-state index contributed by atoms with van der Waals surface area (Å²) in [4.78, 5) is 202. The minimum absolute atomic E-state index is 0.0271. The molecule has 1 saturated carbocycles. The van der Waals surface area contributed by atoms with Crippen molar-refractivity contribution >= 4 is 104 Å². The van der Waals surface area contributed by atoms with Crippen LogP contribution in [-0.2, 0) is 62.3 Å². The first-order chi connectivity index (χ1) is 47.4. The van der Waals surface area contributed by atoms with Crippen LogP contribution in [0, 0.1) is 29.6 Å². The first-order valence-corrected chi connectivity index (χ1v) is 37.9. The van der Waals surface area contributed by atoms with Crippen molar-refractivity contribution in [1.82, 2.24) is 67.9 Å². The first-order valence-electron chi connectivity index (χ1n) is 35.6. The molecule has 2 bridgehead atoms. The third kappa shape index (κ3) is 20.8. The zero-order valence-electron chi connectivity index (χ0n) is 59.6. The number of nitrogens with zero attached hydrogens (tertiary/aromatic N) is 4. The summed E-state index contributed by atoms with van der Waals surface area (Å²) in [7, 11) is 1.92. The number of nitrogens with one attached hydrogen (secondary N) is 10. The van der Waals surface area contributed by atoms with Crippen molar-refractivity contribution in [2.24, 2.45) is 51.8 Å². The Kier molecular flexibility index (Phi) is 30.9. The van der Waals surface area contributed by atoms with Crippen LogP contribution in [0.1, 0.15) is 166 Å². The summed E-state index contributed by atoms with van der Waals surface area (Å²) in [5.74, 6) is -13.6. The largest absolute Gasteiger partial charge is 0.394 e. The molecule has 5 aliphatic heterocycles. The minimum atomic E-state index is -1.87. The van der Waals surface area contributed by atoms with Gasteiger partial charge in [0.25, 0.3) is 0 Å². The summed E-state index contributed by atoms with van der Waals surface area (Å²) in [6.07, 6.45) is 5.09. The summed E-state index contributed by atoms with van der Waals surface area (Å²) >= 11 is 0. The SMILES string of the molecule is CC[C@H](C)[C@@H]1NC(=O)[C@H](CN)NC(=O)[C@@H]2CCCN2C(=O)[C@H]([C@@H](C)CC)NC(=O)[C@H]2NC(=O)[C@H]([C@@H](C)CC)NC(=O)[C@@H]3C[C@@H]4CCCC[C@@H]4N3C(=O)[C@H]3CCCN3C(=O)[C@H](CC(C)C)NC(=O)[C@H](CO)NC(=O)[C@H](CCCN=C(N)N)NC(=O)[C@H](CO)NC(=O)[C@H](CSSC2(C)C)NC1=O. The summed E-state index contributed by atoms with van der Waals surface area (Å²) in [5, 5.41) is 48.6. The van der Waals surface area contributed by atoms with Gasteiger partial charge in [-0.15, -0.1) is 0 Å². The van der Waals surface area contributed by atoms with Crippen LogP contribution in [0.25, 0.3) is 0 Å². The van der Waals surface area contributed by atoms with Crippen LogP contribution < -0.4 is 70.4 Å². The Balaban J connectivity index is 1.52. The van der Waals surface area contributed by atoms with Gasteiger partial charge in [0.15, 0.2) is 5.96 Å². The monoisotopic (exact) mass is 1450 g/mol. The molecule has 18 N–H and O–H groups in total. The topological polar surface area (TPSA) is 483 Å². The number of aliphatic hydroxyl groups is 2. The van der Waals surface area contributed by atoms with Crippen molar-refractivity contribution in [3.63, 3.8) is 0 Å². The number of guanidine groups is 1. The van der Waals surface area contributed by atoms with Crippen LogP contribution in [0.15, 0.2) is 4.99 Å². The number of carbonyl (C=O) groups is 13. The number of aliphatic imine (C=N–C) groups is 1. The van der Waals surface area contributed by atoms with Gasteiger partial charge < -0.3 is 95.3 Å². The smallest absolute Gasteiger partial charge is 0.246 e. The molecule has 6 fully saturated rings. The normalized spacial score (nSPS) is 31.9. The second kappa shape index (κ2) is 37.8. The van der Waals surface area contributed by atoms with E-state index in [-0.39, 0.29) is 82.4 Å². The van der Waals surface area contributed by atoms with E-state index in [1.165, 1.54) is 9.80 Å². The maximum absolute atomic E-state index is 15.5. The van der Waals surface area contributed by atoms with Crippen molar-refractivity contribution in [3.05, 3.63) is 0 Å². The number of amides is 13. The lowest BCUT2D eigenvalue weighted by molar-refractivity contribution is -0.150. The predicted octanol–water partition coefficient (Wildman–Crippen LogP) is -2.66. The molecule has 32 nitrogen and oxygen atoms in total. The maximum atomic E-state index is 15.5. The third-order valence-corrected chi connectivity index (χ3v) is 23.8. The molecule has 0 spiro atoms. The van der Waals surface area contributed by atoms with E-state index in [4.69, 9.17) is 17.2 Å². The lowest BCUT2D eigenvalue weighted by atomic mass is 9.84. The second-order valence-electron chi connectivity index (χ2n) is 28.6. The molecule has 1 aliphatic carbocycles. The van der Waals surface area contributed by atoms with Gasteiger partial charge in [-0.25, -0.2) is 0 Å². The number of aliphatic hydroxyl groups excluding tert-OH is 2. The number of nitrogens with two attached hydrogens (primary N) is 3. The lowest BCUT2D eigenvalue weighted by Gasteiger charge is -2.39. The lowest BCUT2D eigenvalue weighted by Crippen LogP contribution is -2.65. The zero-order valence-corrected chi connectivity index (χ0v) is 61.2. The maximum Gasteiger partial charge on any atom is 0.246 e. The molecule has 5 saturated heterocycles. The quantitative estimate of drug-likeness (QED) is 0.0344. The average molecular weight is 1450 g/mol. The predicted molar refractivity (Wildman–Crippen MR) is 375 cm³/mol. The molecule has 13 amide bonds. The summed E-state index contributed by atoms with van der Waals surface area (Å²) in [5.41, 5.74) is 17.3. The third-order valence-electron chi connectivity index (χ3n) is 20.5. The highest BCUT2D eigenvalue weighted by atomic mass is 33.1. The number of carbonyl (C=O) groups excluding carboxylic acids is 13. The van der Waals surface area contributed by atoms with Gasteiger partial charge >= 0.3 is 0 Å². The molecular formula is C66H111N17O15S2. The molecule has 34 heteroatoms. The van der Waals surface area contributed by atoms with Crippen molar-refractivity contribution < 1.29 is 72.5 Å². The Morgan fingerprint density at radius 2 is 1.02 bits per heavy atom. The van der Waals surface area contributed by atoms with Crippen LogP contribution in [0.2, 0.25) is 0 Å². The summed E-state index contributed by atoms with van der Waals surface area (Å²) in [6.45, 7) is 15.0. The van der Waals surface area contributed by atoms with Gasteiger partial charge in [-0.1, -0.05) is 109 Å². The van der Waals surface area contributed by atoms with Gasteiger partial charge in [0.1, 0.15) is 78.5 Å². The van der Waals surface area contributed by atoms with E-state index in [1.807, 2.05) is 27.7 Å². The number of rotatable bonds is 15. The number of hydrogen-bond donors (Lipinski definition) is 15. The molecule has 5 heterocycles. The van der Waals surface area contributed by atoms with E-state index >= 15 is 28.8 Å². The highest BCUT2D eigenvalue weighted by molar-refractivity contribution is 8.77. The molecule has 0 aromatic carbocycles. The van der Waals surface area contributed by atoms with Crippen molar-refractivity contribution in [3.8, 4) is 0 Å². The van der Waals surface area contributed by atoms with Crippen molar-refractivity contribution in [1.29, 1.82) is 0 Å².